The Balaban J connectivity index is 1.55. The zero-order chi connectivity index (χ0) is 19.6. The van der Waals surface area contributed by atoms with Gasteiger partial charge in [-0.05, 0) is 49.4 Å². The molecule has 2 aromatic rings. The number of halogens is 1. The van der Waals surface area contributed by atoms with Gasteiger partial charge in [-0.25, -0.2) is 12.8 Å². The molecule has 7 nitrogen and oxygen atoms in total. The summed E-state index contributed by atoms with van der Waals surface area (Å²) < 4.78 is 41.9. The Labute approximate surface area is 158 Å². The van der Waals surface area contributed by atoms with Gasteiger partial charge in [0, 0.05) is 32.9 Å². The van der Waals surface area contributed by atoms with Crippen LogP contribution in [0.1, 0.15) is 28.8 Å². The predicted octanol–water partition coefficient (Wildman–Crippen LogP) is 1.70. The highest BCUT2D eigenvalue weighted by Crippen LogP contribution is 2.24. The van der Waals surface area contributed by atoms with E-state index in [9.17, 15) is 17.6 Å². The van der Waals surface area contributed by atoms with E-state index in [1.807, 2.05) is 0 Å². The number of aromatic nitrogens is 2. The average molecular weight is 394 g/mol. The second kappa shape index (κ2) is 7.77. The summed E-state index contributed by atoms with van der Waals surface area (Å²) in [6.45, 7) is 2.81. The molecule has 1 fully saturated rings. The number of nitrogens with zero attached hydrogens (tertiary/aromatic N) is 3. The molecule has 0 unspecified atom stereocenters. The fraction of sp³-hybridized carbons (Fsp3) is 0.444. The minimum Gasteiger partial charge on any atom is -0.352 e. The molecule has 27 heavy (non-hydrogen) atoms. The number of nitrogens with one attached hydrogen (secondary N) is 1. The number of rotatable bonds is 5. The molecule has 0 aliphatic carbocycles. The molecule has 1 aliphatic rings. The van der Waals surface area contributed by atoms with Crippen LogP contribution in [-0.4, -0.2) is 48.0 Å². The van der Waals surface area contributed by atoms with Crippen LogP contribution in [0.2, 0.25) is 0 Å². The lowest BCUT2D eigenvalue weighted by atomic mass is 9.98. The maximum absolute atomic E-state index is 13.4. The summed E-state index contributed by atoms with van der Waals surface area (Å²) in [5.74, 6) is -0.385. The van der Waals surface area contributed by atoms with Gasteiger partial charge in [0.1, 0.15) is 5.82 Å². The van der Waals surface area contributed by atoms with Crippen LogP contribution in [0, 0.1) is 18.7 Å². The SMILES string of the molecule is Cc1cc(S(=O)(=O)N2CCC(CNC(=O)c3cnn(C)c3)CC2)ccc1F. The van der Waals surface area contributed by atoms with E-state index in [4.69, 9.17) is 0 Å². The molecule has 1 aromatic carbocycles. The van der Waals surface area contributed by atoms with Crippen molar-refractivity contribution in [2.75, 3.05) is 19.6 Å². The minimum atomic E-state index is -3.63. The summed E-state index contributed by atoms with van der Waals surface area (Å²) in [5.41, 5.74) is 0.813. The van der Waals surface area contributed by atoms with E-state index in [1.54, 1.807) is 24.9 Å². The first kappa shape index (κ1) is 19.5. The monoisotopic (exact) mass is 394 g/mol. The zero-order valence-corrected chi connectivity index (χ0v) is 16.2. The number of hydrogen-bond donors (Lipinski definition) is 1. The van der Waals surface area contributed by atoms with Crippen LogP contribution in [0.25, 0.3) is 0 Å². The number of carbonyl (C=O) groups is 1. The second-order valence-electron chi connectivity index (χ2n) is 6.87. The molecule has 0 bridgehead atoms. The molecule has 1 saturated heterocycles. The molecule has 2 heterocycles. The summed E-state index contributed by atoms with van der Waals surface area (Å²) >= 11 is 0. The molecular weight excluding hydrogens is 371 g/mol. The van der Waals surface area contributed by atoms with Gasteiger partial charge in [0.25, 0.3) is 5.91 Å². The largest absolute Gasteiger partial charge is 0.352 e. The Morgan fingerprint density at radius 2 is 2.04 bits per heavy atom. The fourth-order valence-corrected chi connectivity index (χ4v) is 4.71. The third-order valence-electron chi connectivity index (χ3n) is 4.86. The number of benzene rings is 1. The van der Waals surface area contributed by atoms with Gasteiger partial charge in [-0.2, -0.15) is 9.40 Å². The van der Waals surface area contributed by atoms with Crippen LogP contribution < -0.4 is 5.32 Å². The van der Waals surface area contributed by atoms with Crippen molar-refractivity contribution in [3.63, 3.8) is 0 Å². The van der Waals surface area contributed by atoms with E-state index < -0.39 is 15.8 Å². The van der Waals surface area contributed by atoms with E-state index in [2.05, 4.69) is 10.4 Å². The minimum absolute atomic E-state index is 0.115. The van der Waals surface area contributed by atoms with Crippen LogP contribution in [-0.2, 0) is 17.1 Å². The lowest BCUT2D eigenvalue weighted by Crippen LogP contribution is -2.41. The molecule has 0 spiro atoms. The van der Waals surface area contributed by atoms with Crippen molar-refractivity contribution in [1.82, 2.24) is 19.4 Å². The molecule has 0 atom stereocenters. The number of carbonyl (C=O) groups excluding carboxylic acids is 1. The number of aryl methyl sites for hydroxylation is 2. The normalized spacial score (nSPS) is 16.4. The summed E-state index contributed by atoms with van der Waals surface area (Å²) in [6, 6.07) is 3.85. The maximum atomic E-state index is 13.4. The maximum Gasteiger partial charge on any atom is 0.254 e. The Hall–Kier alpha value is -2.26. The molecule has 3 rings (SSSR count). The van der Waals surface area contributed by atoms with Crippen molar-refractivity contribution in [1.29, 1.82) is 0 Å². The summed E-state index contributed by atoms with van der Waals surface area (Å²) in [6.07, 6.45) is 4.48. The van der Waals surface area contributed by atoms with Crippen LogP contribution >= 0.6 is 0 Å². The van der Waals surface area contributed by atoms with Crippen molar-refractivity contribution in [2.24, 2.45) is 13.0 Å². The molecule has 0 radical (unpaired) electrons. The van der Waals surface area contributed by atoms with Gasteiger partial charge >= 0.3 is 0 Å². The smallest absolute Gasteiger partial charge is 0.254 e. The molecule has 0 saturated carbocycles. The lowest BCUT2D eigenvalue weighted by molar-refractivity contribution is 0.0941. The third-order valence-corrected chi connectivity index (χ3v) is 6.75. The third kappa shape index (κ3) is 4.36. The highest BCUT2D eigenvalue weighted by atomic mass is 32.2. The van der Waals surface area contributed by atoms with Gasteiger partial charge in [-0.1, -0.05) is 0 Å². The van der Waals surface area contributed by atoms with Crippen molar-refractivity contribution >= 4 is 15.9 Å². The van der Waals surface area contributed by atoms with Gasteiger partial charge in [0.15, 0.2) is 0 Å². The molecule has 1 aliphatic heterocycles. The summed E-state index contributed by atoms with van der Waals surface area (Å²) in [4.78, 5) is 12.2. The van der Waals surface area contributed by atoms with Crippen LogP contribution in [0.4, 0.5) is 4.39 Å². The van der Waals surface area contributed by atoms with E-state index in [1.165, 1.54) is 28.7 Å². The Bertz CT molecular complexity index is 934. The Kier molecular flexibility index (Phi) is 5.61. The number of hydrogen-bond acceptors (Lipinski definition) is 4. The number of piperidine rings is 1. The predicted molar refractivity (Wildman–Crippen MR) is 98.2 cm³/mol. The Morgan fingerprint density at radius 1 is 1.33 bits per heavy atom. The Morgan fingerprint density at radius 3 is 2.63 bits per heavy atom. The molecule has 1 aromatic heterocycles. The van der Waals surface area contributed by atoms with Gasteiger partial charge in [0.2, 0.25) is 10.0 Å². The second-order valence-corrected chi connectivity index (χ2v) is 8.81. The van der Waals surface area contributed by atoms with E-state index in [-0.39, 0.29) is 16.7 Å². The van der Waals surface area contributed by atoms with Crippen LogP contribution in [0.15, 0.2) is 35.5 Å². The first-order valence-electron chi connectivity index (χ1n) is 8.80. The summed E-state index contributed by atoms with van der Waals surface area (Å²) in [7, 11) is -1.88. The van der Waals surface area contributed by atoms with Crippen molar-refractivity contribution in [3.8, 4) is 0 Å². The molecule has 9 heteroatoms. The highest BCUT2D eigenvalue weighted by Gasteiger charge is 2.29. The topological polar surface area (TPSA) is 84.3 Å². The zero-order valence-electron chi connectivity index (χ0n) is 15.4. The lowest BCUT2D eigenvalue weighted by Gasteiger charge is -2.31. The first-order chi connectivity index (χ1) is 12.8. The van der Waals surface area contributed by atoms with Crippen molar-refractivity contribution < 1.29 is 17.6 Å². The molecular formula is C18H23FN4O3S. The van der Waals surface area contributed by atoms with Crippen molar-refractivity contribution in [2.45, 2.75) is 24.7 Å². The number of amides is 1. The van der Waals surface area contributed by atoms with E-state index in [0.29, 0.717) is 43.6 Å². The molecule has 1 amide bonds. The fourth-order valence-electron chi connectivity index (χ4n) is 3.16. The molecule has 1 N–H and O–H groups in total. The average Bonchev–Trinajstić information content (AvgIpc) is 3.08. The van der Waals surface area contributed by atoms with Crippen LogP contribution in [0.5, 0.6) is 0 Å². The highest BCUT2D eigenvalue weighted by molar-refractivity contribution is 7.89. The summed E-state index contributed by atoms with van der Waals surface area (Å²) in [5, 5.41) is 6.85. The van der Waals surface area contributed by atoms with Gasteiger partial charge < -0.3 is 5.32 Å². The van der Waals surface area contributed by atoms with E-state index >= 15 is 0 Å². The standard InChI is InChI=1S/C18H23FN4O3S/c1-13-9-16(3-4-17(13)19)27(25,26)23-7-5-14(6-8-23)10-20-18(24)15-11-21-22(2)12-15/h3-4,9,11-12,14H,5-8,10H2,1-2H3,(H,20,24). The van der Waals surface area contributed by atoms with Gasteiger partial charge in [0.05, 0.1) is 16.7 Å². The van der Waals surface area contributed by atoms with Gasteiger partial charge in [-0.15, -0.1) is 0 Å². The van der Waals surface area contributed by atoms with E-state index in [0.717, 1.165) is 0 Å². The van der Waals surface area contributed by atoms with Gasteiger partial charge in [-0.3, -0.25) is 9.48 Å². The van der Waals surface area contributed by atoms with Crippen LogP contribution in [0.3, 0.4) is 0 Å². The molecule has 146 valence electrons. The number of sulfonamides is 1. The van der Waals surface area contributed by atoms with Crippen molar-refractivity contribution in [3.05, 3.63) is 47.5 Å². The first-order valence-corrected chi connectivity index (χ1v) is 10.2. The quantitative estimate of drug-likeness (QED) is 0.837.